The number of nitrogens with zero attached hydrogens (tertiary/aromatic N) is 3. The maximum absolute atomic E-state index is 9.99. The molecule has 0 atom stereocenters. The van der Waals surface area contributed by atoms with E-state index in [1.165, 1.54) is 32.0 Å². The molecule has 0 bridgehead atoms. The summed E-state index contributed by atoms with van der Waals surface area (Å²) in [6.07, 6.45) is 8.61. The number of aromatic amines is 1. The van der Waals surface area contributed by atoms with E-state index in [9.17, 15) is 5.11 Å². The summed E-state index contributed by atoms with van der Waals surface area (Å²) in [5.41, 5.74) is 5.19. The SMILES string of the molecule is CC(C)c1c(-c2cn(C)c3ncccc23)[nH]c2sc(C3CCC(NCC(C)(C)O)CC3)nc12. The van der Waals surface area contributed by atoms with E-state index in [1.807, 2.05) is 37.4 Å². The first-order valence-corrected chi connectivity index (χ1v) is 12.9. The summed E-state index contributed by atoms with van der Waals surface area (Å²) in [6, 6.07) is 4.66. The number of pyridine rings is 1. The molecule has 4 aromatic heterocycles. The van der Waals surface area contributed by atoms with Crippen LogP contribution in [0.3, 0.4) is 0 Å². The standard InChI is InChI=1S/C26H35N5OS/c1-15(2)20-21(19-13-31(5)23-18(19)7-6-12-27-23)29-25-22(20)30-24(33-25)16-8-10-17(11-9-16)28-14-26(3,4)32/h6-7,12-13,15-17,28-29,32H,8-11,14H2,1-5H3. The predicted molar refractivity (Wildman–Crippen MR) is 137 cm³/mol. The second-order valence-electron chi connectivity index (χ2n) is 10.6. The molecule has 6 nitrogen and oxygen atoms in total. The number of aliphatic hydroxyl groups is 1. The second kappa shape index (κ2) is 8.53. The summed E-state index contributed by atoms with van der Waals surface area (Å²) in [6.45, 7) is 8.88. The monoisotopic (exact) mass is 465 g/mol. The van der Waals surface area contributed by atoms with Crippen LogP contribution in [0.5, 0.6) is 0 Å². The normalized spacial score (nSPS) is 19.8. The lowest BCUT2D eigenvalue weighted by molar-refractivity contribution is 0.0742. The van der Waals surface area contributed by atoms with Gasteiger partial charge in [-0.25, -0.2) is 9.97 Å². The molecule has 33 heavy (non-hydrogen) atoms. The average Bonchev–Trinajstić information content (AvgIpc) is 3.43. The maximum atomic E-state index is 9.99. The molecule has 1 aliphatic rings. The van der Waals surface area contributed by atoms with Crippen LogP contribution in [0.4, 0.5) is 0 Å². The van der Waals surface area contributed by atoms with Gasteiger partial charge in [0.25, 0.3) is 0 Å². The Kier molecular flexibility index (Phi) is 5.83. The minimum atomic E-state index is -0.657. The van der Waals surface area contributed by atoms with Crippen molar-refractivity contribution in [2.24, 2.45) is 7.05 Å². The zero-order valence-electron chi connectivity index (χ0n) is 20.3. The topological polar surface area (TPSA) is 78.8 Å². The Hall–Kier alpha value is -2.22. The quantitative estimate of drug-likeness (QED) is 0.342. The molecule has 0 spiro atoms. The van der Waals surface area contributed by atoms with Gasteiger partial charge in [0.15, 0.2) is 0 Å². The highest BCUT2D eigenvalue weighted by Gasteiger charge is 2.28. The highest BCUT2D eigenvalue weighted by atomic mass is 32.1. The molecule has 0 saturated heterocycles. The van der Waals surface area contributed by atoms with Gasteiger partial charge in [0.05, 0.1) is 16.3 Å². The number of aromatic nitrogens is 4. The van der Waals surface area contributed by atoms with Gasteiger partial charge < -0.3 is 20.0 Å². The lowest BCUT2D eigenvalue weighted by Crippen LogP contribution is -2.42. The van der Waals surface area contributed by atoms with E-state index in [2.05, 4.69) is 53.0 Å². The molecule has 0 aromatic carbocycles. The van der Waals surface area contributed by atoms with Crippen LogP contribution in [-0.2, 0) is 7.05 Å². The van der Waals surface area contributed by atoms with Crippen LogP contribution < -0.4 is 5.32 Å². The van der Waals surface area contributed by atoms with Crippen LogP contribution >= 0.6 is 11.3 Å². The Labute approximate surface area is 199 Å². The summed E-state index contributed by atoms with van der Waals surface area (Å²) < 4.78 is 2.10. The molecule has 0 amide bonds. The first kappa shape index (κ1) is 22.6. The summed E-state index contributed by atoms with van der Waals surface area (Å²) >= 11 is 1.83. The Balaban J connectivity index is 1.42. The van der Waals surface area contributed by atoms with Crippen molar-refractivity contribution < 1.29 is 5.11 Å². The minimum absolute atomic E-state index is 0.373. The number of H-pyrrole nitrogens is 1. The molecule has 0 unspecified atom stereocenters. The van der Waals surface area contributed by atoms with Crippen LogP contribution in [0.2, 0.25) is 0 Å². The van der Waals surface area contributed by atoms with Gasteiger partial charge in [-0.1, -0.05) is 13.8 Å². The van der Waals surface area contributed by atoms with Crippen molar-refractivity contribution in [3.63, 3.8) is 0 Å². The number of aryl methyl sites for hydroxylation is 1. The second-order valence-corrected chi connectivity index (χ2v) is 11.6. The zero-order valence-corrected chi connectivity index (χ0v) is 21.1. The number of hydrogen-bond acceptors (Lipinski definition) is 5. The fourth-order valence-corrected chi connectivity index (χ4v) is 6.36. The zero-order chi connectivity index (χ0) is 23.3. The third-order valence-corrected chi connectivity index (χ3v) is 8.02. The third kappa shape index (κ3) is 4.34. The predicted octanol–water partition coefficient (Wildman–Crippen LogP) is 5.69. The first-order valence-electron chi connectivity index (χ1n) is 12.1. The Morgan fingerprint density at radius 1 is 1.27 bits per heavy atom. The molecule has 1 aliphatic carbocycles. The molecule has 0 aliphatic heterocycles. The summed E-state index contributed by atoms with van der Waals surface area (Å²) in [7, 11) is 2.06. The summed E-state index contributed by atoms with van der Waals surface area (Å²) in [4.78, 5) is 14.7. The van der Waals surface area contributed by atoms with Gasteiger partial charge in [0, 0.05) is 54.5 Å². The van der Waals surface area contributed by atoms with Gasteiger partial charge in [-0.05, 0) is 57.6 Å². The van der Waals surface area contributed by atoms with Gasteiger partial charge in [0.2, 0.25) is 0 Å². The van der Waals surface area contributed by atoms with Gasteiger partial charge in [-0.15, -0.1) is 11.3 Å². The van der Waals surface area contributed by atoms with E-state index < -0.39 is 5.60 Å². The van der Waals surface area contributed by atoms with E-state index in [1.54, 1.807) is 0 Å². The fraction of sp³-hybridized carbons (Fsp3) is 0.538. The lowest BCUT2D eigenvalue weighted by atomic mass is 9.86. The lowest BCUT2D eigenvalue weighted by Gasteiger charge is -2.30. The van der Waals surface area contributed by atoms with Crippen LogP contribution in [0.1, 0.15) is 75.8 Å². The Morgan fingerprint density at radius 3 is 2.73 bits per heavy atom. The minimum Gasteiger partial charge on any atom is -0.389 e. The molecule has 1 saturated carbocycles. The first-order chi connectivity index (χ1) is 15.7. The highest BCUT2D eigenvalue weighted by molar-refractivity contribution is 7.18. The number of hydrogen-bond donors (Lipinski definition) is 3. The molecule has 7 heteroatoms. The van der Waals surface area contributed by atoms with E-state index >= 15 is 0 Å². The smallest absolute Gasteiger partial charge is 0.140 e. The molecule has 4 aromatic rings. The molecule has 5 rings (SSSR count). The van der Waals surface area contributed by atoms with Crippen molar-refractivity contribution in [2.45, 2.75) is 76.9 Å². The maximum Gasteiger partial charge on any atom is 0.140 e. The largest absolute Gasteiger partial charge is 0.389 e. The average molecular weight is 466 g/mol. The fourth-order valence-electron chi connectivity index (χ4n) is 5.20. The van der Waals surface area contributed by atoms with Crippen molar-refractivity contribution in [2.75, 3.05) is 6.54 Å². The van der Waals surface area contributed by atoms with Gasteiger partial charge in [-0.3, -0.25) is 0 Å². The molecule has 1 fully saturated rings. The Bertz CT molecular complexity index is 1270. The molecular weight excluding hydrogens is 430 g/mol. The van der Waals surface area contributed by atoms with Crippen LogP contribution in [0.25, 0.3) is 32.6 Å². The molecule has 3 N–H and O–H groups in total. The van der Waals surface area contributed by atoms with E-state index in [-0.39, 0.29) is 0 Å². The van der Waals surface area contributed by atoms with Crippen molar-refractivity contribution in [3.05, 3.63) is 35.1 Å². The van der Waals surface area contributed by atoms with Crippen molar-refractivity contribution >= 4 is 32.7 Å². The molecular formula is C26H35N5OS. The molecule has 0 radical (unpaired) electrons. The third-order valence-electron chi connectivity index (χ3n) is 6.89. The van der Waals surface area contributed by atoms with Gasteiger partial charge in [-0.2, -0.15) is 0 Å². The van der Waals surface area contributed by atoms with Crippen molar-refractivity contribution in [3.8, 4) is 11.3 Å². The number of nitrogens with one attached hydrogen (secondary N) is 2. The van der Waals surface area contributed by atoms with Crippen molar-refractivity contribution in [1.82, 2.24) is 24.8 Å². The van der Waals surface area contributed by atoms with Crippen LogP contribution in [0.15, 0.2) is 24.5 Å². The number of thiazole rings is 1. The van der Waals surface area contributed by atoms with E-state index in [0.29, 0.717) is 24.4 Å². The van der Waals surface area contributed by atoms with Crippen LogP contribution in [-0.4, -0.2) is 42.8 Å². The molecule has 176 valence electrons. The summed E-state index contributed by atoms with van der Waals surface area (Å²) in [5, 5.41) is 16.0. The van der Waals surface area contributed by atoms with E-state index in [0.717, 1.165) is 36.8 Å². The molecule has 4 heterocycles. The van der Waals surface area contributed by atoms with E-state index in [4.69, 9.17) is 4.98 Å². The Morgan fingerprint density at radius 2 is 2.03 bits per heavy atom. The van der Waals surface area contributed by atoms with Crippen molar-refractivity contribution in [1.29, 1.82) is 0 Å². The summed E-state index contributed by atoms with van der Waals surface area (Å²) in [5.74, 6) is 0.901. The van der Waals surface area contributed by atoms with Gasteiger partial charge >= 0.3 is 0 Å². The number of rotatable bonds is 6. The number of fused-ring (bicyclic) bond motifs is 2. The van der Waals surface area contributed by atoms with Gasteiger partial charge in [0.1, 0.15) is 16.0 Å². The van der Waals surface area contributed by atoms with Crippen LogP contribution in [0, 0.1) is 0 Å². The highest BCUT2D eigenvalue weighted by Crippen LogP contribution is 2.43.